The summed E-state index contributed by atoms with van der Waals surface area (Å²) in [5, 5.41) is 3.36. The lowest BCUT2D eigenvalue weighted by atomic mass is 9.79. The summed E-state index contributed by atoms with van der Waals surface area (Å²) in [5.41, 5.74) is 1.43. The van der Waals surface area contributed by atoms with Gasteiger partial charge in [0.15, 0.2) is 0 Å². The third-order valence-corrected chi connectivity index (χ3v) is 5.72. The second kappa shape index (κ2) is 7.02. The summed E-state index contributed by atoms with van der Waals surface area (Å²) in [6.07, 6.45) is 4.18. The lowest BCUT2D eigenvalue weighted by Crippen LogP contribution is -2.53. The maximum absolute atomic E-state index is 12.7. The zero-order chi connectivity index (χ0) is 16.3. The first kappa shape index (κ1) is 16.5. The van der Waals surface area contributed by atoms with Crippen molar-refractivity contribution >= 4 is 5.91 Å². The molecule has 1 unspecified atom stereocenters. The molecule has 2 heterocycles. The highest BCUT2D eigenvalue weighted by Gasteiger charge is 2.40. The van der Waals surface area contributed by atoms with Crippen LogP contribution in [0, 0.1) is 5.92 Å². The molecule has 1 amide bonds. The molecule has 0 bridgehead atoms. The van der Waals surface area contributed by atoms with Gasteiger partial charge in [-0.1, -0.05) is 30.3 Å². The Bertz CT molecular complexity index is 515. The maximum Gasteiger partial charge on any atom is 0.226 e. The minimum atomic E-state index is 0.0584. The van der Waals surface area contributed by atoms with Crippen LogP contribution >= 0.6 is 0 Å². The Labute approximate surface area is 139 Å². The van der Waals surface area contributed by atoms with Crippen molar-refractivity contribution in [1.29, 1.82) is 0 Å². The van der Waals surface area contributed by atoms with E-state index in [0.29, 0.717) is 5.91 Å². The molecule has 2 saturated heterocycles. The van der Waals surface area contributed by atoms with Gasteiger partial charge < -0.3 is 10.2 Å². The fourth-order valence-corrected chi connectivity index (χ4v) is 4.16. The van der Waals surface area contributed by atoms with Crippen LogP contribution in [0.2, 0.25) is 0 Å². The summed E-state index contributed by atoms with van der Waals surface area (Å²) < 4.78 is 0. The zero-order valence-corrected chi connectivity index (χ0v) is 14.4. The van der Waals surface area contributed by atoms with Gasteiger partial charge in [-0.15, -0.1) is 0 Å². The summed E-state index contributed by atoms with van der Waals surface area (Å²) >= 11 is 0. The van der Waals surface area contributed by atoms with Gasteiger partial charge in [0.2, 0.25) is 5.91 Å². The summed E-state index contributed by atoms with van der Waals surface area (Å²) in [4.78, 5) is 17.2. The van der Waals surface area contributed by atoms with Crippen LogP contribution in [0.1, 0.15) is 31.2 Å². The number of hydrogen-bond donors (Lipinski definition) is 1. The Kier molecular flexibility index (Phi) is 5.02. The highest BCUT2D eigenvalue weighted by atomic mass is 16.2. The van der Waals surface area contributed by atoms with E-state index >= 15 is 0 Å². The number of nitrogens with zero attached hydrogens (tertiary/aromatic N) is 2. The second-order valence-corrected chi connectivity index (χ2v) is 7.16. The van der Waals surface area contributed by atoms with Gasteiger partial charge in [0, 0.05) is 25.2 Å². The summed E-state index contributed by atoms with van der Waals surface area (Å²) in [6, 6.07) is 10.8. The van der Waals surface area contributed by atoms with E-state index in [4.69, 9.17) is 0 Å². The molecular formula is C19H29N3O. The Hall–Kier alpha value is -1.39. The smallest absolute Gasteiger partial charge is 0.226 e. The topological polar surface area (TPSA) is 35.6 Å². The number of piperidine rings is 2. The molecule has 2 aliphatic rings. The van der Waals surface area contributed by atoms with Crippen LogP contribution in [0.5, 0.6) is 0 Å². The van der Waals surface area contributed by atoms with Crippen molar-refractivity contribution < 1.29 is 4.79 Å². The van der Waals surface area contributed by atoms with E-state index < -0.39 is 0 Å². The van der Waals surface area contributed by atoms with Crippen LogP contribution in [0.4, 0.5) is 0 Å². The Morgan fingerprint density at radius 1 is 1.22 bits per heavy atom. The minimum absolute atomic E-state index is 0.0584. The number of benzene rings is 1. The molecule has 3 rings (SSSR count). The molecule has 0 spiro atoms. The number of amides is 1. The van der Waals surface area contributed by atoms with Crippen molar-refractivity contribution in [3.8, 4) is 0 Å². The predicted molar refractivity (Wildman–Crippen MR) is 93.2 cm³/mol. The molecule has 2 fully saturated rings. The van der Waals surface area contributed by atoms with Crippen molar-refractivity contribution in [3.05, 3.63) is 35.9 Å². The van der Waals surface area contributed by atoms with Gasteiger partial charge in [-0.25, -0.2) is 0 Å². The highest BCUT2D eigenvalue weighted by Crippen LogP contribution is 2.37. The lowest BCUT2D eigenvalue weighted by molar-refractivity contribution is -0.138. The van der Waals surface area contributed by atoms with Gasteiger partial charge in [0.25, 0.3) is 0 Å². The molecule has 0 radical (unpaired) electrons. The molecule has 1 aromatic carbocycles. The molecule has 1 aromatic rings. The SMILES string of the molecule is CN(C)C1(c2ccccc2)CCN(C(=O)C2CCCNC2)CC1. The molecule has 1 N–H and O–H groups in total. The zero-order valence-electron chi connectivity index (χ0n) is 14.4. The Balaban J connectivity index is 1.69. The van der Waals surface area contributed by atoms with E-state index in [2.05, 4.69) is 59.5 Å². The highest BCUT2D eigenvalue weighted by molar-refractivity contribution is 5.79. The first-order chi connectivity index (χ1) is 11.1. The van der Waals surface area contributed by atoms with Crippen molar-refractivity contribution in [2.45, 2.75) is 31.2 Å². The van der Waals surface area contributed by atoms with Crippen LogP contribution in [-0.4, -0.2) is 56.0 Å². The molecule has 4 heteroatoms. The maximum atomic E-state index is 12.7. The van der Waals surface area contributed by atoms with Crippen LogP contribution in [0.3, 0.4) is 0 Å². The minimum Gasteiger partial charge on any atom is -0.342 e. The number of rotatable bonds is 3. The Morgan fingerprint density at radius 2 is 1.91 bits per heavy atom. The molecule has 2 aliphatic heterocycles. The van der Waals surface area contributed by atoms with Gasteiger partial charge >= 0.3 is 0 Å². The summed E-state index contributed by atoms with van der Waals surface area (Å²) in [5.74, 6) is 0.546. The number of nitrogens with one attached hydrogen (secondary N) is 1. The number of hydrogen-bond acceptors (Lipinski definition) is 3. The van der Waals surface area contributed by atoms with E-state index in [0.717, 1.165) is 51.9 Å². The Morgan fingerprint density at radius 3 is 2.48 bits per heavy atom. The third-order valence-electron chi connectivity index (χ3n) is 5.72. The average molecular weight is 315 g/mol. The standard InChI is InChI=1S/C19H29N3O/c1-21(2)19(17-8-4-3-5-9-17)10-13-22(14-11-19)18(23)16-7-6-12-20-15-16/h3-5,8-9,16,20H,6-7,10-15H2,1-2H3. The summed E-state index contributed by atoms with van der Waals surface area (Å²) in [6.45, 7) is 3.64. The number of carbonyl (C=O) groups is 1. The fourth-order valence-electron chi connectivity index (χ4n) is 4.16. The quantitative estimate of drug-likeness (QED) is 0.927. The molecule has 0 saturated carbocycles. The molecule has 0 aromatic heterocycles. The van der Waals surface area contributed by atoms with E-state index in [1.807, 2.05) is 0 Å². The predicted octanol–water partition coefficient (Wildman–Crippen LogP) is 2.07. The average Bonchev–Trinajstić information content (AvgIpc) is 2.62. The molecule has 0 aliphatic carbocycles. The van der Waals surface area contributed by atoms with E-state index in [-0.39, 0.29) is 11.5 Å². The van der Waals surface area contributed by atoms with Gasteiger partial charge in [0.05, 0.1) is 5.92 Å². The van der Waals surface area contributed by atoms with Crippen molar-refractivity contribution in [2.75, 3.05) is 40.3 Å². The summed E-state index contributed by atoms with van der Waals surface area (Å²) in [7, 11) is 4.32. The largest absolute Gasteiger partial charge is 0.342 e. The van der Waals surface area contributed by atoms with Gasteiger partial charge in [-0.2, -0.15) is 0 Å². The van der Waals surface area contributed by atoms with Gasteiger partial charge in [-0.3, -0.25) is 9.69 Å². The van der Waals surface area contributed by atoms with Crippen molar-refractivity contribution in [3.63, 3.8) is 0 Å². The molecular weight excluding hydrogens is 286 g/mol. The normalized spacial score (nSPS) is 24.7. The second-order valence-electron chi connectivity index (χ2n) is 7.16. The lowest BCUT2D eigenvalue weighted by Gasteiger charge is -2.47. The van der Waals surface area contributed by atoms with Crippen molar-refractivity contribution in [1.82, 2.24) is 15.1 Å². The first-order valence-corrected chi connectivity index (χ1v) is 8.86. The van der Waals surface area contributed by atoms with Crippen LogP contribution in [-0.2, 0) is 10.3 Å². The van der Waals surface area contributed by atoms with E-state index in [1.54, 1.807) is 0 Å². The molecule has 1 atom stereocenters. The fraction of sp³-hybridized carbons (Fsp3) is 0.632. The molecule has 126 valence electrons. The third kappa shape index (κ3) is 3.29. The van der Waals surface area contributed by atoms with Crippen molar-refractivity contribution in [2.24, 2.45) is 5.92 Å². The first-order valence-electron chi connectivity index (χ1n) is 8.86. The number of carbonyl (C=O) groups excluding carboxylic acids is 1. The van der Waals surface area contributed by atoms with Crippen LogP contribution < -0.4 is 5.32 Å². The van der Waals surface area contributed by atoms with E-state index in [1.165, 1.54) is 5.56 Å². The molecule has 23 heavy (non-hydrogen) atoms. The monoisotopic (exact) mass is 315 g/mol. The van der Waals surface area contributed by atoms with E-state index in [9.17, 15) is 4.79 Å². The van der Waals surface area contributed by atoms with Crippen LogP contribution in [0.25, 0.3) is 0 Å². The van der Waals surface area contributed by atoms with Gasteiger partial charge in [-0.05, 0) is 51.9 Å². The number of likely N-dealkylation sites (tertiary alicyclic amines) is 1. The van der Waals surface area contributed by atoms with Crippen LogP contribution in [0.15, 0.2) is 30.3 Å². The molecule has 4 nitrogen and oxygen atoms in total. The van der Waals surface area contributed by atoms with Gasteiger partial charge in [0.1, 0.15) is 0 Å².